The summed E-state index contributed by atoms with van der Waals surface area (Å²) in [6.45, 7) is 8.59. The molecule has 0 spiro atoms. The van der Waals surface area contributed by atoms with Crippen molar-refractivity contribution in [1.82, 2.24) is 9.88 Å². The highest BCUT2D eigenvalue weighted by Crippen LogP contribution is 2.25. The first-order valence-electron chi connectivity index (χ1n) is 8.60. The van der Waals surface area contributed by atoms with Gasteiger partial charge in [0.25, 0.3) is 0 Å². The number of nitrogens with zero attached hydrogens (tertiary/aromatic N) is 3. The fraction of sp³-hybridized carbons (Fsp3) is 0.667. The van der Waals surface area contributed by atoms with Gasteiger partial charge in [0.2, 0.25) is 0 Å². The Morgan fingerprint density at radius 2 is 1.90 bits per heavy atom. The molecule has 0 aromatic carbocycles. The quantitative estimate of drug-likeness (QED) is 0.828. The summed E-state index contributed by atoms with van der Waals surface area (Å²) in [5, 5.41) is 0. The minimum atomic E-state index is 0.864. The number of aryl methyl sites for hydroxylation is 1. The lowest BCUT2D eigenvalue weighted by atomic mass is 10.1. The molecule has 3 nitrogen and oxygen atoms in total. The molecule has 2 heterocycles. The van der Waals surface area contributed by atoms with E-state index in [1.165, 1.54) is 56.6 Å². The lowest BCUT2D eigenvalue weighted by Crippen LogP contribution is -2.50. The molecule has 2 aliphatic rings. The zero-order valence-corrected chi connectivity index (χ0v) is 13.1. The van der Waals surface area contributed by atoms with Gasteiger partial charge in [0.15, 0.2) is 0 Å². The summed E-state index contributed by atoms with van der Waals surface area (Å²) >= 11 is 0. The second-order valence-corrected chi connectivity index (χ2v) is 6.44. The number of unbranched alkanes of at least 4 members (excludes halogenated alkanes) is 1. The van der Waals surface area contributed by atoms with Crippen LogP contribution in [0.15, 0.2) is 18.3 Å². The number of aromatic nitrogens is 1. The van der Waals surface area contributed by atoms with Gasteiger partial charge in [-0.3, -0.25) is 4.90 Å². The van der Waals surface area contributed by atoms with Crippen LogP contribution in [-0.2, 0) is 6.42 Å². The molecule has 0 amide bonds. The van der Waals surface area contributed by atoms with Gasteiger partial charge in [0.1, 0.15) is 5.82 Å². The van der Waals surface area contributed by atoms with E-state index in [1.54, 1.807) is 0 Å². The van der Waals surface area contributed by atoms with Crippen LogP contribution in [0.3, 0.4) is 0 Å². The van der Waals surface area contributed by atoms with Crippen molar-refractivity contribution in [2.24, 2.45) is 0 Å². The van der Waals surface area contributed by atoms with Gasteiger partial charge in [0, 0.05) is 38.4 Å². The summed E-state index contributed by atoms with van der Waals surface area (Å²) in [6, 6.07) is 5.29. The van der Waals surface area contributed by atoms with E-state index in [9.17, 15) is 0 Å². The maximum atomic E-state index is 4.59. The van der Waals surface area contributed by atoms with E-state index < -0.39 is 0 Å². The predicted molar refractivity (Wildman–Crippen MR) is 88.6 cm³/mol. The average Bonchev–Trinajstić information content (AvgIpc) is 3.08. The molecule has 1 aliphatic carbocycles. The Morgan fingerprint density at radius 3 is 2.62 bits per heavy atom. The summed E-state index contributed by atoms with van der Waals surface area (Å²) in [5.41, 5.74) is 1.40. The lowest BCUT2D eigenvalue weighted by Gasteiger charge is -2.38. The molecule has 2 fully saturated rings. The molecule has 115 valence electrons. The van der Waals surface area contributed by atoms with E-state index in [2.05, 4.69) is 33.8 Å². The number of rotatable bonds is 5. The Balaban J connectivity index is 1.56. The number of piperazine rings is 1. The fourth-order valence-electron chi connectivity index (χ4n) is 3.70. The van der Waals surface area contributed by atoms with Crippen molar-refractivity contribution in [2.75, 3.05) is 31.1 Å². The fourth-order valence-corrected chi connectivity index (χ4v) is 3.70. The van der Waals surface area contributed by atoms with Crippen LogP contribution in [0.2, 0.25) is 0 Å². The highest BCUT2D eigenvalue weighted by molar-refractivity contribution is 5.41. The first-order valence-corrected chi connectivity index (χ1v) is 8.60. The van der Waals surface area contributed by atoms with Crippen LogP contribution >= 0.6 is 0 Å². The van der Waals surface area contributed by atoms with E-state index in [-0.39, 0.29) is 0 Å². The third-order valence-electron chi connectivity index (χ3n) is 5.00. The SMILES string of the molecule is [CH2]CCCc1ccnc(N2CCN(C3CCCC3)CC2)c1. The van der Waals surface area contributed by atoms with Crippen molar-refractivity contribution < 1.29 is 0 Å². The molecule has 3 heteroatoms. The van der Waals surface area contributed by atoms with Crippen molar-refractivity contribution in [3.05, 3.63) is 30.8 Å². The Morgan fingerprint density at radius 1 is 1.14 bits per heavy atom. The highest BCUT2D eigenvalue weighted by Gasteiger charge is 2.26. The maximum Gasteiger partial charge on any atom is 0.128 e. The van der Waals surface area contributed by atoms with Gasteiger partial charge in [-0.25, -0.2) is 4.98 Å². The summed E-state index contributed by atoms with van der Waals surface area (Å²) < 4.78 is 0. The minimum absolute atomic E-state index is 0.864. The standard InChI is InChI=1S/C18H28N3/c1-2-3-6-16-9-10-19-18(15-16)21-13-11-20(12-14-21)17-7-4-5-8-17/h9-10,15,17H,1-8,11-14H2. The van der Waals surface area contributed by atoms with Crippen LogP contribution in [0.25, 0.3) is 0 Å². The molecule has 0 bridgehead atoms. The zero-order valence-electron chi connectivity index (χ0n) is 13.1. The number of hydrogen-bond donors (Lipinski definition) is 0. The first-order chi connectivity index (χ1) is 10.4. The van der Waals surface area contributed by atoms with Crippen molar-refractivity contribution in [1.29, 1.82) is 0 Å². The van der Waals surface area contributed by atoms with Gasteiger partial charge in [-0.2, -0.15) is 0 Å². The monoisotopic (exact) mass is 286 g/mol. The van der Waals surface area contributed by atoms with E-state index in [1.807, 2.05) is 6.20 Å². The Labute approximate surface area is 129 Å². The maximum absolute atomic E-state index is 4.59. The number of anilines is 1. The summed E-state index contributed by atoms with van der Waals surface area (Å²) in [4.78, 5) is 9.75. The van der Waals surface area contributed by atoms with Crippen molar-refractivity contribution in [3.63, 3.8) is 0 Å². The minimum Gasteiger partial charge on any atom is -0.354 e. The van der Waals surface area contributed by atoms with Crippen molar-refractivity contribution >= 4 is 5.82 Å². The van der Waals surface area contributed by atoms with Crippen LogP contribution in [-0.4, -0.2) is 42.1 Å². The molecule has 1 aromatic heterocycles. The number of pyridine rings is 1. The van der Waals surface area contributed by atoms with Gasteiger partial charge in [0.05, 0.1) is 0 Å². The van der Waals surface area contributed by atoms with Crippen LogP contribution in [0, 0.1) is 6.92 Å². The predicted octanol–water partition coefficient (Wildman–Crippen LogP) is 3.30. The molecule has 0 unspecified atom stereocenters. The summed E-state index contributed by atoms with van der Waals surface area (Å²) in [7, 11) is 0. The van der Waals surface area contributed by atoms with Gasteiger partial charge in [-0.1, -0.05) is 26.2 Å². The van der Waals surface area contributed by atoms with Crippen molar-refractivity contribution in [3.8, 4) is 0 Å². The van der Waals surface area contributed by atoms with Crippen LogP contribution in [0.5, 0.6) is 0 Å². The van der Waals surface area contributed by atoms with E-state index in [0.29, 0.717) is 0 Å². The second-order valence-electron chi connectivity index (χ2n) is 6.44. The van der Waals surface area contributed by atoms with E-state index >= 15 is 0 Å². The van der Waals surface area contributed by atoms with E-state index in [4.69, 9.17) is 0 Å². The molecule has 1 radical (unpaired) electrons. The van der Waals surface area contributed by atoms with Gasteiger partial charge in [-0.05, 0) is 43.4 Å². The zero-order chi connectivity index (χ0) is 14.5. The van der Waals surface area contributed by atoms with Gasteiger partial charge in [-0.15, -0.1) is 0 Å². The molecular weight excluding hydrogens is 258 g/mol. The van der Waals surface area contributed by atoms with E-state index in [0.717, 1.165) is 32.0 Å². The first kappa shape index (κ1) is 14.8. The smallest absolute Gasteiger partial charge is 0.128 e. The Hall–Kier alpha value is -1.09. The lowest BCUT2D eigenvalue weighted by molar-refractivity contribution is 0.187. The Kier molecular flexibility index (Phi) is 5.13. The molecule has 1 aromatic rings. The van der Waals surface area contributed by atoms with Crippen LogP contribution in [0.4, 0.5) is 5.82 Å². The highest BCUT2D eigenvalue weighted by atomic mass is 15.3. The third-order valence-corrected chi connectivity index (χ3v) is 5.00. The molecule has 1 saturated carbocycles. The molecule has 21 heavy (non-hydrogen) atoms. The summed E-state index contributed by atoms with van der Waals surface area (Å²) in [5.74, 6) is 1.17. The normalized spacial score (nSPS) is 21.1. The number of hydrogen-bond acceptors (Lipinski definition) is 3. The molecule has 1 saturated heterocycles. The average molecular weight is 286 g/mol. The van der Waals surface area contributed by atoms with Crippen LogP contribution < -0.4 is 4.90 Å². The molecule has 0 N–H and O–H groups in total. The van der Waals surface area contributed by atoms with Gasteiger partial charge < -0.3 is 4.90 Å². The van der Waals surface area contributed by atoms with Crippen molar-refractivity contribution in [2.45, 2.75) is 51.0 Å². The largest absolute Gasteiger partial charge is 0.354 e. The molecule has 0 atom stereocenters. The molecule has 3 rings (SSSR count). The topological polar surface area (TPSA) is 19.4 Å². The molecule has 1 aliphatic heterocycles. The molecular formula is C18H28N3. The second kappa shape index (κ2) is 7.26. The summed E-state index contributed by atoms with van der Waals surface area (Å²) in [6.07, 6.45) is 11.0. The Bertz CT molecular complexity index is 432. The van der Waals surface area contributed by atoms with Crippen LogP contribution in [0.1, 0.15) is 44.1 Å². The third kappa shape index (κ3) is 3.76. The van der Waals surface area contributed by atoms with Gasteiger partial charge >= 0.3 is 0 Å².